The number of nitrogens with zero attached hydrogens (tertiary/aromatic N) is 1. The molecule has 3 rings (SSSR count). The summed E-state index contributed by atoms with van der Waals surface area (Å²) in [6.45, 7) is 13.0. The van der Waals surface area contributed by atoms with Gasteiger partial charge in [-0.2, -0.15) is 0 Å². The first-order valence-electron chi connectivity index (χ1n) is 9.44. The minimum absolute atomic E-state index is 0.00586. The van der Waals surface area contributed by atoms with E-state index in [0.29, 0.717) is 0 Å². The average Bonchev–Trinajstić information content (AvgIpc) is 2.76. The molecule has 2 fully saturated rings. The fraction of sp³-hybridized carbons (Fsp3) is 0.789. The molecule has 1 aliphatic carbocycles. The van der Waals surface area contributed by atoms with Crippen LogP contribution in [0.5, 0.6) is 0 Å². The molecule has 1 saturated carbocycles. The monoisotopic (exact) mass is 365 g/mol. The van der Waals surface area contributed by atoms with Gasteiger partial charge in [0.25, 0.3) is 0 Å². The van der Waals surface area contributed by atoms with Crippen LogP contribution in [0.3, 0.4) is 0 Å². The largest absolute Gasteiger partial charge is 0.477 e. The second-order valence-corrected chi connectivity index (χ2v) is 14.1. The van der Waals surface area contributed by atoms with Crippen molar-refractivity contribution in [3.8, 4) is 0 Å². The van der Waals surface area contributed by atoms with Crippen LogP contribution in [0.15, 0.2) is 11.3 Å². The Kier molecular flexibility index (Phi) is 4.43. The van der Waals surface area contributed by atoms with Crippen molar-refractivity contribution in [2.24, 2.45) is 11.8 Å². The van der Waals surface area contributed by atoms with Gasteiger partial charge < -0.3 is 14.4 Å². The number of hydrogen-bond donors (Lipinski definition) is 1. The van der Waals surface area contributed by atoms with E-state index < -0.39 is 14.3 Å². The molecule has 1 amide bonds. The molecule has 5 nitrogen and oxygen atoms in total. The number of fused-ring (bicyclic) bond motifs is 3. The molecule has 2 heterocycles. The second-order valence-electron chi connectivity index (χ2n) is 9.34. The highest BCUT2D eigenvalue weighted by Gasteiger charge is 2.61. The molecule has 1 saturated heterocycles. The van der Waals surface area contributed by atoms with Crippen molar-refractivity contribution >= 4 is 20.2 Å². The van der Waals surface area contributed by atoms with Gasteiger partial charge in [0.2, 0.25) is 5.91 Å². The summed E-state index contributed by atoms with van der Waals surface area (Å²) in [7, 11) is -1.97. The van der Waals surface area contributed by atoms with Crippen LogP contribution >= 0.6 is 0 Å². The number of amides is 1. The maximum absolute atomic E-state index is 12.8. The standard InChI is InChI=1S/C19H31NO4Si/c1-11(24-25(5,6)19(2,3)4)14-15-12-9-7-8-10-13(12)16(18(22)23)20(15)17(14)21/h11-12,14-15H,7-10H2,1-6H3,(H,22,23)/t11-,12+,14-,15-/m1/s1. The molecule has 1 N–H and O–H groups in total. The van der Waals surface area contributed by atoms with Gasteiger partial charge in [0.05, 0.1) is 18.1 Å². The zero-order valence-corrected chi connectivity index (χ0v) is 17.3. The highest BCUT2D eigenvalue weighted by molar-refractivity contribution is 6.74. The predicted octanol–water partition coefficient (Wildman–Crippen LogP) is 3.77. The van der Waals surface area contributed by atoms with Gasteiger partial charge in [-0.3, -0.25) is 4.79 Å². The molecule has 0 bridgehead atoms. The summed E-state index contributed by atoms with van der Waals surface area (Å²) >= 11 is 0. The highest BCUT2D eigenvalue weighted by atomic mass is 28.4. The van der Waals surface area contributed by atoms with E-state index in [1.54, 1.807) is 4.90 Å². The van der Waals surface area contributed by atoms with Crippen molar-refractivity contribution in [2.45, 2.75) is 83.7 Å². The van der Waals surface area contributed by atoms with Crippen LogP contribution in [0.4, 0.5) is 0 Å². The van der Waals surface area contributed by atoms with Gasteiger partial charge in [-0.05, 0) is 49.9 Å². The molecule has 0 aromatic rings. The van der Waals surface area contributed by atoms with Gasteiger partial charge in [0, 0.05) is 5.92 Å². The summed E-state index contributed by atoms with van der Waals surface area (Å²) in [5.74, 6) is -0.998. The minimum atomic E-state index is -1.97. The first kappa shape index (κ1) is 18.6. The van der Waals surface area contributed by atoms with Crippen LogP contribution in [0.25, 0.3) is 0 Å². The summed E-state index contributed by atoms with van der Waals surface area (Å²) in [6.07, 6.45) is 3.79. The normalized spacial score (nSPS) is 30.7. The smallest absolute Gasteiger partial charge is 0.352 e. The highest BCUT2D eigenvalue weighted by Crippen LogP contribution is 2.53. The Morgan fingerprint density at radius 2 is 1.96 bits per heavy atom. The molecule has 140 valence electrons. The van der Waals surface area contributed by atoms with Gasteiger partial charge >= 0.3 is 5.97 Å². The molecule has 4 atom stereocenters. The maximum Gasteiger partial charge on any atom is 0.352 e. The third kappa shape index (κ3) is 2.78. The van der Waals surface area contributed by atoms with Crippen LogP contribution in [0, 0.1) is 11.8 Å². The zero-order valence-electron chi connectivity index (χ0n) is 16.3. The average molecular weight is 366 g/mol. The van der Waals surface area contributed by atoms with Crippen molar-refractivity contribution < 1.29 is 19.1 Å². The predicted molar refractivity (Wildman–Crippen MR) is 98.5 cm³/mol. The lowest BCUT2D eigenvalue weighted by Crippen LogP contribution is -2.65. The fourth-order valence-electron chi connectivity index (χ4n) is 4.52. The van der Waals surface area contributed by atoms with Crippen molar-refractivity contribution in [3.63, 3.8) is 0 Å². The summed E-state index contributed by atoms with van der Waals surface area (Å²) in [5, 5.41) is 9.72. The molecule has 0 aromatic carbocycles. The first-order valence-corrected chi connectivity index (χ1v) is 12.4. The van der Waals surface area contributed by atoms with Crippen molar-refractivity contribution in [1.29, 1.82) is 0 Å². The van der Waals surface area contributed by atoms with Gasteiger partial charge in [-0.15, -0.1) is 0 Å². The molecule has 0 aromatic heterocycles. The Morgan fingerprint density at radius 1 is 1.32 bits per heavy atom. The third-order valence-corrected chi connectivity index (χ3v) is 11.4. The van der Waals surface area contributed by atoms with Crippen LogP contribution in [-0.2, 0) is 14.0 Å². The number of carbonyl (C=O) groups excluding carboxylic acids is 1. The lowest BCUT2D eigenvalue weighted by atomic mass is 9.72. The molecular formula is C19H31NO4Si. The van der Waals surface area contributed by atoms with Gasteiger partial charge in [-0.1, -0.05) is 27.2 Å². The Morgan fingerprint density at radius 3 is 2.52 bits per heavy atom. The number of carboxylic acids is 1. The van der Waals surface area contributed by atoms with Gasteiger partial charge in [0.15, 0.2) is 8.32 Å². The second kappa shape index (κ2) is 5.95. The van der Waals surface area contributed by atoms with Crippen molar-refractivity contribution in [2.75, 3.05) is 0 Å². The van der Waals surface area contributed by atoms with Gasteiger partial charge in [-0.25, -0.2) is 4.79 Å². The number of carbonyl (C=O) groups is 2. The number of rotatable bonds is 4. The van der Waals surface area contributed by atoms with E-state index in [0.717, 1.165) is 31.3 Å². The Labute approximate surface area is 151 Å². The van der Waals surface area contributed by atoms with E-state index in [4.69, 9.17) is 4.43 Å². The van der Waals surface area contributed by atoms with Crippen molar-refractivity contribution in [3.05, 3.63) is 11.3 Å². The molecule has 25 heavy (non-hydrogen) atoms. The minimum Gasteiger partial charge on any atom is -0.477 e. The topological polar surface area (TPSA) is 66.8 Å². The summed E-state index contributed by atoms with van der Waals surface area (Å²) < 4.78 is 6.49. The quantitative estimate of drug-likeness (QED) is 0.608. The number of aliphatic carboxylic acids is 1. The Balaban J connectivity index is 1.83. The lowest BCUT2D eigenvalue weighted by molar-refractivity contribution is -0.163. The summed E-state index contributed by atoms with van der Waals surface area (Å²) in [5.41, 5.74) is 1.27. The number of hydrogen-bond acceptors (Lipinski definition) is 3. The van der Waals surface area contributed by atoms with E-state index in [2.05, 4.69) is 33.9 Å². The van der Waals surface area contributed by atoms with Crippen LogP contribution in [0.2, 0.25) is 18.1 Å². The molecule has 0 radical (unpaired) electrons. The van der Waals surface area contributed by atoms with Crippen LogP contribution in [0.1, 0.15) is 53.4 Å². The first-order chi connectivity index (χ1) is 11.5. The fourth-order valence-corrected chi connectivity index (χ4v) is 5.95. The maximum atomic E-state index is 12.8. The van der Waals surface area contributed by atoms with E-state index >= 15 is 0 Å². The lowest BCUT2D eigenvalue weighted by Gasteiger charge is -2.50. The van der Waals surface area contributed by atoms with E-state index in [9.17, 15) is 14.7 Å². The third-order valence-electron chi connectivity index (χ3n) is 6.80. The molecular weight excluding hydrogens is 334 g/mol. The number of carboxylic acid groups (broad SMARTS) is 1. The molecule has 3 aliphatic rings. The Hall–Kier alpha value is -1.14. The van der Waals surface area contributed by atoms with Gasteiger partial charge in [0.1, 0.15) is 5.70 Å². The molecule has 6 heteroatoms. The number of β-lactam (4-membered cyclic amide) rings is 1. The SMILES string of the molecule is C[C@@H](O[Si](C)(C)C(C)(C)C)[C@H]1C(=O)N2C(C(=O)O)=C3CCCC[C@@H]3[C@H]12. The molecule has 0 spiro atoms. The zero-order chi connectivity index (χ0) is 18.7. The van der Waals surface area contributed by atoms with Crippen LogP contribution < -0.4 is 0 Å². The van der Waals surface area contributed by atoms with Crippen molar-refractivity contribution in [1.82, 2.24) is 4.90 Å². The Bertz CT molecular complexity index is 634. The summed E-state index contributed by atoms with van der Waals surface area (Å²) in [4.78, 5) is 26.2. The van der Waals surface area contributed by atoms with Crippen LogP contribution in [-0.4, -0.2) is 42.3 Å². The summed E-state index contributed by atoms with van der Waals surface area (Å²) in [6, 6.07) is -0.00586. The molecule has 0 unspecified atom stereocenters. The molecule has 2 aliphatic heterocycles. The van der Waals surface area contributed by atoms with E-state index in [1.165, 1.54) is 0 Å². The van der Waals surface area contributed by atoms with E-state index in [1.807, 2.05) is 6.92 Å². The van der Waals surface area contributed by atoms with E-state index in [-0.39, 0.29) is 40.6 Å².